The summed E-state index contributed by atoms with van der Waals surface area (Å²) in [5.74, 6) is 0. The second-order valence-corrected chi connectivity index (χ2v) is 19.2. The molecule has 2 heteroatoms. The molecule has 0 saturated carbocycles. The lowest BCUT2D eigenvalue weighted by Gasteiger charge is -2.34. The molecule has 0 radical (unpaired) electrons. The van der Waals surface area contributed by atoms with Crippen molar-refractivity contribution in [2.75, 3.05) is 4.90 Å². The van der Waals surface area contributed by atoms with Gasteiger partial charge < -0.3 is 9.32 Å². The monoisotopic (exact) mass is 929 g/mol. The van der Waals surface area contributed by atoms with Gasteiger partial charge in [0.1, 0.15) is 11.2 Å². The van der Waals surface area contributed by atoms with E-state index in [0.717, 1.165) is 61.3 Å². The third-order valence-corrected chi connectivity index (χ3v) is 15.2. The number of hydrogen-bond donors (Lipinski definition) is 0. The Balaban J connectivity index is 0.885. The minimum atomic E-state index is -0.485. The van der Waals surface area contributed by atoms with E-state index in [-0.39, 0.29) is 0 Å². The lowest BCUT2D eigenvalue weighted by Crippen LogP contribution is -2.28. The molecule has 1 aliphatic carbocycles. The number of rotatable bonds is 9. The molecule has 0 atom stereocenters. The number of benzene rings is 12. The lowest BCUT2D eigenvalue weighted by atomic mass is 9.67. The highest BCUT2D eigenvalue weighted by atomic mass is 16.3. The third-order valence-electron chi connectivity index (χ3n) is 15.2. The fourth-order valence-corrected chi connectivity index (χ4v) is 11.8. The Morgan fingerprint density at radius 2 is 0.808 bits per heavy atom. The second-order valence-electron chi connectivity index (χ2n) is 19.2. The minimum Gasteiger partial charge on any atom is -0.456 e. The second kappa shape index (κ2) is 17.4. The topological polar surface area (TPSA) is 16.4 Å². The number of furan rings is 1. The summed E-state index contributed by atoms with van der Waals surface area (Å²) in [6.45, 7) is 0. The Morgan fingerprint density at radius 3 is 1.55 bits per heavy atom. The summed E-state index contributed by atoms with van der Waals surface area (Å²) in [6, 6.07) is 104. The SMILES string of the molecule is c1ccc(C2(c3ccccc3)c3ccccc3-c3c(-c4cccc(N(c5ccc(-c6ccc(-c7ccc8ccccc8c7)cc6)cc5)c5ccc(-c6cccc7oc8ccccc8c67)cc5)c4)cccc32)cc1. The van der Waals surface area contributed by atoms with E-state index in [2.05, 4.69) is 278 Å². The number of fused-ring (bicyclic) bond motifs is 7. The van der Waals surface area contributed by atoms with Gasteiger partial charge in [0.15, 0.2) is 0 Å². The molecule has 13 aromatic rings. The van der Waals surface area contributed by atoms with Gasteiger partial charge in [0.05, 0.1) is 5.41 Å². The standard InChI is InChI=1S/C71H47NO/c1-3-19-56(20-4-1)71(57-21-5-2-6-22-57)65-28-11-9-24-63(65)69-62(26-14-29-66(69)71)55-18-13-23-60(47-55)72(59-44-40-52(41-45-59)61-27-15-31-68-70(61)64-25-10-12-30-67(64)73-68)58-42-38-50(39-43-58)49-32-34-51(35-33-49)54-37-36-48-16-7-8-17-53(48)46-54/h1-47H. The zero-order valence-electron chi connectivity index (χ0n) is 40.0. The van der Waals surface area contributed by atoms with Crippen LogP contribution < -0.4 is 4.90 Å². The highest BCUT2D eigenvalue weighted by Gasteiger charge is 2.46. The zero-order chi connectivity index (χ0) is 48.3. The van der Waals surface area contributed by atoms with Crippen LogP contribution in [0.3, 0.4) is 0 Å². The summed E-state index contributed by atoms with van der Waals surface area (Å²) < 4.78 is 6.32. The Labute approximate surface area is 425 Å². The van der Waals surface area contributed by atoms with E-state index >= 15 is 0 Å². The molecule has 1 heterocycles. The predicted molar refractivity (Wildman–Crippen MR) is 305 cm³/mol. The maximum absolute atomic E-state index is 6.32. The first-order valence-corrected chi connectivity index (χ1v) is 25.1. The normalized spacial score (nSPS) is 12.5. The van der Waals surface area contributed by atoms with Gasteiger partial charge in [0.2, 0.25) is 0 Å². The summed E-state index contributed by atoms with van der Waals surface area (Å²) in [6.07, 6.45) is 0. The minimum absolute atomic E-state index is 0.485. The molecule has 14 rings (SSSR count). The molecular weight excluding hydrogens is 883 g/mol. The maximum atomic E-state index is 6.32. The van der Waals surface area contributed by atoms with Gasteiger partial charge in [-0.1, -0.05) is 231 Å². The molecule has 0 N–H and O–H groups in total. The fraction of sp³-hybridized carbons (Fsp3) is 0.0141. The average molecular weight is 930 g/mol. The first kappa shape index (κ1) is 42.4. The number of nitrogens with zero attached hydrogens (tertiary/aromatic N) is 1. The molecular formula is C71H47NO. The largest absolute Gasteiger partial charge is 0.456 e. The summed E-state index contributed by atoms with van der Waals surface area (Å²) in [5.41, 5.74) is 21.6. The van der Waals surface area contributed by atoms with Crippen molar-refractivity contribution in [1.29, 1.82) is 0 Å². The maximum Gasteiger partial charge on any atom is 0.136 e. The molecule has 0 aliphatic heterocycles. The van der Waals surface area contributed by atoms with Crippen LogP contribution in [0.1, 0.15) is 22.3 Å². The quantitative estimate of drug-likeness (QED) is 0.143. The summed E-state index contributed by atoms with van der Waals surface area (Å²) in [5, 5.41) is 4.76. The van der Waals surface area contributed by atoms with E-state index in [1.807, 2.05) is 12.1 Å². The molecule has 0 saturated heterocycles. The lowest BCUT2D eigenvalue weighted by molar-refractivity contribution is 0.669. The van der Waals surface area contributed by atoms with Crippen molar-refractivity contribution in [3.63, 3.8) is 0 Å². The summed E-state index contributed by atoms with van der Waals surface area (Å²) in [7, 11) is 0. The van der Waals surface area contributed by atoms with Crippen molar-refractivity contribution in [1.82, 2.24) is 0 Å². The average Bonchev–Trinajstić information content (AvgIpc) is 4.05. The highest BCUT2D eigenvalue weighted by Crippen LogP contribution is 2.58. The first-order chi connectivity index (χ1) is 36.2. The molecule has 1 aromatic heterocycles. The molecule has 342 valence electrons. The van der Waals surface area contributed by atoms with E-state index in [1.54, 1.807) is 0 Å². The fourth-order valence-electron chi connectivity index (χ4n) is 11.8. The van der Waals surface area contributed by atoms with Crippen molar-refractivity contribution in [3.8, 4) is 55.6 Å². The Kier molecular flexibility index (Phi) is 10.1. The van der Waals surface area contributed by atoms with Crippen molar-refractivity contribution in [3.05, 3.63) is 307 Å². The van der Waals surface area contributed by atoms with Crippen LogP contribution >= 0.6 is 0 Å². The van der Waals surface area contributed by atoms with Crippen LogP contribution in [0.15, 0.2) is 290 Å². The molecule has 0 spiro atoms. The summed E-state index contributed by atoms with van der Waals surface area (Å²) in [4.78, 5) is 2.39. The molecule has 73 heavy (non-hydrogen) atoms. The van der Waals surface area contributed by atoms with Gasteiger partial charge in [-0.05, 0) is 143 Å². The van der Waals surface area contributed by atoms with Gasteiger partial charge in [-0.2, -0.15) is 0 Å². The highest BCUT2D eigenvalue weighted by molar-refractivity contribution is 6.12. The van der Waals surface area contributed by atoms with Crippen LogP contribution in [0.2, 0.25) is 0 Å². The Bertz CT molecular complexity index is 4130. The van der Waals surface area contributed by atoms with Crippen LogP contribution in [0, 0.1) is 0 Å². The molecule has 0 amide bonds. The van der Waals surface area contributed by atoms with Gasteiger partial charge in [-0.15, -0.1) is 0 Å². The molecule has 2 nitrogen and oxygen atoms in total. The molecule has 1 aliphatic rings. The van der Waals surface area contributed by atoms with Crippen LogP contribution in [-0.2, 0) is 5.41 Å². The van der Waals surface area contributed by atoms with Crippen molar-refractivity contribution in [2.45, 2.75) is 5.41 Å². The van der Waals surface area contributed by atoms with Crippen LogP contribution in [0.5, 0.6) is 0 Å². The number of para-hydroxylation sites is 1. The molecule has 0 bridgehead atoms. The Hall–Kier alpha value is -9.50. The van der Waals surface area contributed by atoms with Crippen LogP contribution in [-0.4, -0.2) is 0 Å². The van der Waals surface area contributed by atoms with Gasteiger partial charge in [0.25, 0.3) is 0 Å². The van der Waals surface area contributed by atoms with E-state index in [9.17, 15) is 0 Å². The molecule has 0 unspecified atom stereocenters. The number of anilines is 3. The van der Waals surface area contributed by atoms with Crippen LogP contribution in [0.25, 0.3) is 88.3 Å². The predicted octanol–water partition coefficient (Wildman–Crippen LogP) is 19.2. The van der Waals surface area contributed by atoms with Crippen molar-refractivity contribution < 1.29 is 4.42 Å². The summed E-state index contributed by atoms with van der Waals surface area (Å²) >= 11 is 0. The smallest absolute Gasteiger partial charge is 0.136 e. The number of hydrogen-bond acceptors (Lipinski definition) is 2. The van der Waals surface area contributed by atoms with E-state index in [4.69, 9.17) is 4.42 Å². The van der Waals surface area contributed by atoms with Gasteiger partial charge >= 0.3 is 0 Å². The van der Waals surface area contributed by atoms with Crippen molar-refractivity contribution in [2.24, 2.45) is 0 Å². The third kappa shape index (κ3) is 7.02. The van der Waals surface area contributed by atoms with E-state index in [0.29, 0.717) is 0 Å². The van der Waals surface area contributed by atoms with Crippen molar-refractivity contribution >= 4 is 49.8 Å². The van der Waals surface area contributed by atoms with Gasteiger partial charge in [-0.3, -0.25) is 0 Å². The van der Waals surface area contributed by atoms with E-state index in [1.165, 1.54) is 66.4 Å². The van der Waals surface area contributed by atoms with Crippen LogP contribution in [0.4, 0.5) is 17.1 Å². The Morgan fingerprint density at radius 1 is 0.288 bits per heavy atom. The first-order valence-electron chi connectivity index (χ1n) is 25.1. The molecule has 12 aromatic carbocycles. The van der Waals surface area contributed by atoms with Gasteiger partial charge in [0, 0.05) is 27.8 Å². The zero-order valence-corrected chi connectivity index (χ0v) is 40.0. The van der Waals surface area contributed by atoms with Gasteiger partial charge in [-0.25, -0.2) is 0 Å². The van der Waals surface area contributed by atoms with E-state index < -0.39 is 5.41 Å². The molecule has 0 fully saturated rings.